The quantitative estimate of drug-likeness (QED) is 0.447. The van der Waals surface area contributed by atoms with Gasteiger partial charge in [-0.3, -0.25) is 0 Å². The molecule has 3 aromatic carbocycles. The molecule has 2 aromatic heterocycles. The Morgan fingerprint density at radius 1 is 0.900 bits per heavy atom. The number of aryl methyl sites for hydroxylation is 1. The number of pyridine rings is 1. The van der Waals surface area contributed by atoms with E-state index >= 15 is 0 Å². The molecule has 0 saturated heterocycles. The summed E-state index contributed by atoms with van der Waals surface area (Å²) in [5.74, 6) is -1.30. The third kappa shape index (κ3) is 2.99. The van der Waals surface area contributed by atoms with E-state index in [1.54, 1.807) is 12.1 Å². The van der Waals surface area contributed by atoms with Gasteiger partial charge < -0.3 is 14.4 Å². The zero-order valence-corrected chi connectivity index (χ0v) is 15.8. The van der Waals surface area contributed by atoms with Crippen molar-refractivity contribution in [2.24, 2.45) is 0 Å². The lowest BCUT2D eigenvalue weighted by Gasteiger charge is -2.11. The number of aromatic carboxylic acids is 1. The third-order valence-electron chi connectivity index (χ3n) is 5.08. The molecule has 5 rings (SSSR count). The van der Waals surface area contributed by atoms with Gasteiger partial charge in [0, 0.05) is 22.1 Å². The lowest BCUT2D eigenvalue weighted by molar-refractivity contribution is -0.254. The van der Waals surface area contributed by atoms with Crippen LogP contribution in [-0.2, 0) is 0 Å². The third-order valence-corrected chi connectivity index (χ3v) is 5.08. The summed E-state index contributed by atoms with van der Waals surface area (Å²) < 4.78 is 19.2. The molecule has 0 N–H and O–H groups in total. The molecule has 6 heteroatoms. The standard InChI is InChI=1S/C24H15FN2O3/c1-13-2-4-14(5-3-13)23-19-10-15(6-8-21(19)27-30-23)22-12-18(24(28)29)17-11-16(25)7-9-20(17)26-22/h2-12H,1H3,(H,28,29)/p-1. The van der Waals surface area contributed by atoms with Crippen LogP contribution in [0.1, 0.15) is 15.9 Å². The fourth-order valence-corrected chi connectivity index (χ4v) is 3.53. The van der Waals surface area contributed by atoms with Gasteiger partial charge in [-0.15, -0.1) is 0 Å². The molecule has 0 saturated carbocycles. The van der Waals surface area contributed by atoms with Crippen LogP contribution in [0.15, 0.2) is 71.3 Å². The summed E-state index contributed by atoms with van der Waals surface area (Å²) in [5, 5.41) is 16.8. The molecule has 0 amide bonds. The number of rotatable bonds is 3. The maximum absolute atomic E-state index is 13.6. The summed E-state index contributed by atoms with van der Waals surface area (Å²) in [7, 11) is 0. The SMILES string of the molecule is Cc1ccc(-c2onc3ccc(-c4cc(C(=O)[O-])c5cc(F)ccc5n4)cc23)cc1. The van der Waals surface area contributed by atoms with Crippen molar-refractivity contribution in [3.63, 3.8) is 0 Å². The highest BCUT2D eigenvalue weighted by Crippen LogP contribution is 2.33. The molecule has 5 aromatic rings. The molecule has 0 spiro atoms. The fourth-order valence-electron chi connectivity index (χ4n) is 3.53. The number of hydrogen-bond acceptors (Lipinski definition) is 5. The Labute approximate surface area is 170 Å². The lowest BCUT2D eigenvalue weighted by Crippen LogP contribution is -2.22. The van der Waals surface area contributed by atoms with Gasteiger partial charge in [0.2, 0.25) is 0 Å². The van der Waals surface area contributed by atoms with Gasteiger partial charge in [-0.25, -0.2) is 9.37 Å². The first-order chi connectivity index (χ1) is 14.5. The molecular weight excluding hydrogens is 383 g/mol. The summed E-state index contributed by atoms with van der Waals surface area (Å²) in [6.07, 6.45) is 0. The Hall–Kier alpha value is -4.06. The highest BCUT2D eigenvalue weighted by Gasteiger charge is 2.14. The van der Waals surface area contributed by atoms with Gasteiger partial charge in [0.25, 0.3) is 0 Å². The molecule has 0 atom stereocenters. The normalized spacial score (nSPS) is 11.3. The maximum Gasteiger partial charge on any atom is 0.174 e. The van der Waals surface area contributed by atoms with Gasteiger partial charge in [0.05, 0.1) is 22.6 Å². The summed E-state index contributed by atoms with van der Waals surface area (Å²) in [5.41, 5.74) is 4.08. The predicted molar refractivity (Wildman–Crippen MR) is 109 cm³/mol. The van der Waals surface area contributed by atoms with E-state index in [4.69, 9.17) is 4.52 Å². The zero-order valence-electron chi connectivity index (χ0n) is 15.8. The highest BCUT2D eigenvalue weighted by atomic mass is 19.1. The van der Waals surface area contributed by atoms with Crippen LogP contribution >= 0.6 is 0 Å². The second kappa shape index (κ2) is 6.77. The van der Waals surface area contributed by atoms with E-state index in [1.165, 1.54) is 18.2 Å². The second-order valence-electron chi connectivity index (χ2n) is 7.11. The van der Waals surface area contributed by atoms with Crippen molar-refractivity contribution in [3.8, 4) is 22.6 Å². The molecular formula is C24H14FN2O3-. The van der Waals surface area contributed by atoms with Crippen molar-refractivity contribution in [2.45, 2.75) is 6.92 Å². The minimum atomic E-state index is -1.39. The maximum atomic E-state index is 13.6. The van der Waals surface area contributed by atoms with Gasteiger partial charge in [0.15, 0.2) is 5.76 Å². The summed E-state index contributed by atoms with van der Waals surface area (Å²) in [4.78, 5) is 16.2. The molecule has 2 heterocycles. The Morgan fingerprint density at radius 3 is 2.40 bits per heavy atom. The monoisotopic (exact) mass is 397 g/mol. The van der Waals surface area contributed by atoms with Crippen LogP contribution in [0.25, 0.3) is 44.4 Å². The summed E-state index contributed by atoms with van der Waals surface area (Å²) in [6.45, 7) is 2.01. The molecule has 30 heavy (non-hydrogen) atoms. The van der Waals surface area contributed by atoms with Crippen LogP contribution in [-0.4, -0.2) is 16.1 Å². The van der Waals surface area contributed by atoms with Crippen LogP contribution in [0.5, 0.6) is 0 Å². The van der Waals surface area contributed by atoms with Gasteiger partial charge in [-0.05, 0) is 43.3 Å². The number of carbonyl (C=O) groups is 1. The van der Waals surface area contributed by atoms with Gasteiger partial charge in [-0.1, -0.05) is 41.1 Å². The molecule has 0 aliphatic heterocycles. The Bertz CT molecular complexity index is 1440. The smallest absolute Gasteiger partial charge is 0.174 e. The van der Waals surface area contributed by atoms with Crippen molar-refractivity contribution in [1.29, 1.82) is 0 Å². The summed E-state index contributed by atoms with van der Waals surface area (Å²) in [6, 6.07) is 18.6. The van der Waals surface area contributed by atoms with Gasteiger partial charge >= 0.3 is 0 Å². The van der Waals surface area contributed by atoms with Gasteiger partial charge in [0.1, 0.15) is 11.3 Å². The molecule has 0 aliphatic carbocycles. The number of carboxylic acids is 1. The van der Waals surface area contributed by atoms with Crippen LogP contribution in [0.4, 0.5) is 4.39 Å². The van der Waals surface area contributed by atoms with Crippen LogP contribution in [0.3, 0.4) is 0 Å². The van der Waals surface area contributed by atoms with E-state index in [1.807, 2.05) is 37.3 Å². The van der Waals surface area contributed by atoms with E-state index in [9.17, 15) is 14.3 Å². The van der Waals surface area contributed by atoms with Crippen molar-refractivity contribution in [1.82, 2.24) is 10.1 Å². The minimum Gasteiger partial charge on any atom is -0.545 e. The average Bonchev–Trinajstić information content (AvgIpc) is 3.16. The van der Waals surface area contributed by atoms with Crippen LogP contribution in [0, 0.1) is 12.7 Å². The number of fused-ring (bicyclic) bond motifs is 2. The zero-order chi connectivity index (χ0) is 20.8. The summed E-state index contributed by atoms with van der Waals surface area (Å²) >= 11 is 0. The number of halogens is 1. The van der Waals surface area contributed by atoms with Crippen molar-refractivity contribution in [2.75, 3.05) is 0 Å². The number of hydrogen-bond donors (Lipinski definition) is 0. The largest absolute Gasteiger partial charge is 0.545 e. The van der Waals surface area contributed by atoms with Crippen LogP contribution < -0.4 is 5.11 Å². The Kier molecular flexibility index (Phi) is 4.06. The van der Waals surface area contributed by atoms with Crippen LogP contribution in [0.2, 0.25) is 0 Å². The first-order valence-corrected chi connectivity index (χ1v) is 9.28. The van der Waals surface area contributed by atoms with E-state index in [-0.39, 0.29) is 10.9 Å². The van der Waals surface area contributed by atoms with Crippen molar-refractivity contribution >= 4 is 27.8 Å². The van der Waals surface area contributed by atoms with E-state index in [2.05, 4.69) is 10.1 Å². The fraction of sp³-hybridized carbons (Fsp3) is 0.0417. The first-order valence-electron chi connectivity index (χ1n) is 9.28. The topological polar surface area (TPSA) is 79.0 Å². The average molecular weight is 397 g/mol. The Morgan fingerprint density at radius 2 is 1.63 bits per heavy atom. The molecule has 0 unspecified atom stereocenters. The second-order valence-corrected chi connectivity index (χ2v) is 7.11. The number of carboxylic acid groups (broad SMARTS) is 1. The lowest BCUT2D eigenvalue weighted by atomic mass is 10.0. The van der Waals surface area contributed by atoms with E-state index in [0.717, 1.165) is 22.6 Å². The molecule has 0 radical (unpaired) electrons. The molecule has 0 aliphatic rings. The number of benzene rings is 3. The molecule has 0 fully saturated rings. The highest BCUT2D eigenvalue weighted by molar-refractivity contribution is 6.03. The Balaban J connectivity index is 1.70. The minimum absolute atomic E-state index is 0.112. The van der Waals surface area contributed by atoms with E-state index in [0.29, 0.717) is 28.1 Å². The van der Waals surface area contributed by atoms with Gasteiger partial charge in [-0.2, -0.15) is 0 Å². The first kappa shape index (κ1) is 18.0. The predicted octanol–water partition coefficient (Wildman–Crippen LogP) is 4.52. The van der Waals surface area contributed by atoms with Crippen molar-refractivity contribution < 1.29 is 18.8 Å². The number of nitrogens with zero attached hydrogens (tertiary/aromatic N) is 2. The molecule has 0 bridgehead atoms. The molecule has 146 valence electrons. The molecule has 5 nitrogen and oxygen atoms in total. The number of carbonyl (C=O) groups excluding carboxylic acids is 1. The van der Waals surface area contributed by atoms with E-state index < -0.39 is 11.8 Å². The van der Waals surface area contributed by atoms with Crippen molar-refractivity contribution in [3.05, 3.63) is 83.7 Å². The number of aromatic nitrogens is 2.